The lowest BCUT2D eigenvalue weighted by atomic mass is 9.97. The van der Waals surface area contributed by atoms with Gasteiger partial charge in [0, 0.05) is 54.9 Å². The number of esters is 1. The summed E-state index contributed by atoms with van der Waals surface area (Å²) in [5, 5.41) is 11.8. The first-order valence-electron chi connectivity index (χ1n) is 18.0. The van der Waals surface area contributed by atoms with Gasteiger partial charge in [-0.15, -0.1) is 0 Å². The van der Waals surface area contributed by atoms with Crippen molar-refractivity contribution in [2.45, 2.75) is 91.5 Å². The van der Waals surface area contributed by atoms with Crippen LogP contribution in [0.25, 0.3) is 10.8 Å². The van der Waals surface area contributed by atoms with E-state index in [-0.39, 0.29) is 18.4 Å². The van der Waals surface area contributed by atoms with Gasteiger partial charge in [0.25, 0.3) is 0 Å². The second-order valence-corrected chi connectivity index (χ2v) is 16.0. The zero-order valence-electron chi connectivity index (χ0n) is 31.1. The fraction of sp³-hybridized carbons (Fsp3) is 0.564. The molecular weight excluding hydrogens is 646 g/mol. The molecule has 3 aliphatic rings. The predicted molar refractivity (Wildman–Crippen MR) is 196 cm³/mol. The zero-order valence-corrected chi connectivity index (χ0v) is 31.1. The Bertz CT molecular complexity index is 1810. The summed E-state index contributed by atoms with van der Waals surface area (Å²) in [5.41, 5.74) is 1.59. The summed E-state index contributed by atoms with van der Waals surface area (Å²) in [6, 6.07) is 14.5. The molecule has 0 bridgehead atoms. The van der Waals surface area contributed by atoms with Crippen LogP contribution >= 0.6 is 0 Å². The van der Waals surface area contributed by atoms with Gasteiger partial charge < -0.3 is 33.8 Å². The van der Waals surface area contributed by atoms with Gasteiger partial charge in [-0.05, 0) is 85.8 Å². The number of nitriles is 1. The molecule has 12 heteroatoms. The van der Waals surface area contributed by atoms with Crippen molar-refractivity contribution in [3.8, 4) is 17.8 Å². The molecule has 1 amide bonds. The number of amides is 1. The number of ether oxygens (including phenoxy) is 3. The van der Waals surface area contributed by atoms with Crippen LogP contribution in [0.15, 0.2) is 36.4 Å². The van der Waals surface area contributed by atoms with Gasteiger partial charge in [0.15, 0.2) is 0 Å². The minimum Gasteiger partial charge on any atom is -0.462 e. The maximum absolute atomic E-state index is 13.2. The van der Waals surface area contributed by atoms with Crippen LogP contribution in [-0.4, -0.2) is 95.9 Å². The van der Waals surface area contributed by atoms with Gasteiger partial charge in [-0.1, -0.05) is 24.3 Å². The summed E-state index contributed by atoms with van der Waals surface area (Å²) in [4.78, 5) is 44.5. The van der Waals surface area contributed by atoms with Crippen molar-refractivity contribution in [1.29, 1.82) is 5.26 Å². The molecule has 3 aromatic rings. The first-order chi connectivity index (χ1) is 24.2. The summed E-state index contributed by atoms with van der Waals surface area (Å²) >= 11 is 0. The van der Waals surface area contributed by atoms with E-state index in [0.717, 1.165) is 52.9 Å². The highest BCUT2D eigenvalue weighted by molar-refractivity contribution is 5.96. The highest BCUT2D eigenvalue weighted by atomic mass is 16.6. The molecule has 0 radical (unpaired) electrons. The lowest BCUT2D eigenvalue weighted by molar-refractivity contribution is -0.142. The van der Waals surface area contributed by atoms with Crippen molar-refractivity contribution in [1.82, 2.24) is 19.8 Å². The number of likely N-dealkylation sites (N-methyl/N-ethyl adjacent to an activating group) is 1. The highest BCUT2D eigenvalue weighted by Crippen LogP contribution is 2.38. The molecule has 0 aliphatic carbocycles. The minimum absolute atomic E-state index is 0.178. The van der Waals surface area contributed by atoms with Crippen molar-refractivity contribution < 1.29 is 23.8 Å². The van der Waals surface area contributed by atoms with Gasteiger partial charge in [0.2, 0.25) is 0 Å². The first kappa shape index (κ1) is 36.2. The van der Waals surface area contributed by atoms with Crippen LogP contribution in [0.3, 0.4) is 0 Å². The van der Waals surface area contributed by atoms with E-state index in [1.807, 2.05) is 71.9 Å². The molecule has 0 spiro atoms. The number of hydrogen-bond acceptors (Lipinski definition) is 11. The molecule has 6 rings (SSSR count). The third kappa shape index (κ3) is 8.30. The topological polar surface area (TPSA) is 124 Å². The molecule has 3 aliphatic heterocycles. The Morgan fingerprint density at radius 1 is 0.980 bits per heavy atom. The maximum Gasteiger partial charge on any atom is 0.410 e. The maximum atomic E-state index is 13.2. The molecule has 272 valence electrons. The third-order valence-electron chi connectivity index (χ3n) is 9.81. The van der Waals surface area contributed by atoms with Crippen LogP contribution in [0.5, 0.6) is 11.8 Å². The number of piperazine rings is 1. The van der Waals surface area contributed by atoms with E-state index < -0.39 is 17.1 Å². The Balaban J connectivity index is 1.33. The summed E-state index contributed by atoms with van der Waals surface area (Å²) < 4.78 is 17.9. The van der Waals surface area contributed by atoms with Crippen molar-refractivity contribution in [2.24, 2.45) is 5.41 Å². The summed E-state index contributed by atoms with van der Waals surface area (Å²) in [6.07, 6.45) is 2.64. The number of rotatable bonds is 7. The summed E-state index contributed by atoms with van der Waals surface area (Å²) in [7, 11) is 2.12. The van der Waals surface area contributed by atoms with Crippen molar-refractivity contribution >= 4 is 34.3 Å². The number of fused-ring (bicyclic) bond motifs is 2. The molecule has 2 fully saturated rings. The van der Waals surface area contributed by atoms with Gasteiger partial charge in [0.1, 0.15) is 23.8 Å². The molecule has 1 unspecified atom stereocenters. The van der Waals surface area contributed by atoms with E-state index in [9.17, 15) is 14.9 Å². The zero-order chi connectivity index (χ0) is 36.5. The van der Waals surface area contributed by atoms with Crippen LogP contribution < -0.4 is 19.3 Å². The average molecular weight is 698 g/mol. The van der Waals surface area contributed by atoms with Gasteiger partial charge in [-0.25, -0.2) is 4.79 Å². The Morgan fingerprint density at radius 2 is 1.76 bits per heavy atom. The van der Waals surface area contributed by atoms with Crippen LogP contribution in [0, 0.1) is 16.7 Å². The quantitative estimate of drug-likeness (QED) is 0.215. The Morgan fingerprint density at radius 3 is 2.47 bits per heavy atom. The monoisotopic (exact) mass is 697 g/mol. The van der Waals surface area contributed by atoms with Crippen LogP contribution in [0.4, 0.5) is 16.3 Å². The minimum atomic E-state index is -0.641. The number of aromatic nitrogens is 2. The molecule has 4 heterocycles. The normalized spacial score (nSPS) is 19.8. The SMILES string of the molecule is CN1CCC[C@H]1COc1nc2c(c(N3CCN(C(=O)OC(C)(C)C)C(CC#N)C3)n1)CCN(c1cc(OC(=O)C(C)(C)C)cc3ccccc13)C2. The Kier molecular flexibility index (Phi) is 10.3. The standard InChI is InChI=1S/C39H51N7O5/c1-38(2,3)35(47)50-29-21-26-11-8-9-13-30(26)33(22-29)44-18-15-31-32(24-44)41-36(49-25-28-12-10-17-43(28)7)42-34(31)45-19-20-46(27(23-45)14-16-40)37(48)51-39(4,5)6/h8-9,11,13,21-22,27-28H,10,12,14-15,17-20,23-25H2,1-7H3/t27?,28-/m0/s1. The molecule has 51 heavy (non-hydrogen) atoms. The van der Waals surface area contributed by atoms with Gasteiger partial charge >= 0.3 is 18.1 Å². The van der Waals surface area contributed by atoms with Gasteiger partial charge in [-0.2, -0.15) is 15.2 Å². The van der Waals surface area contributed by atoms with Gasteiger partial charge in [-0.3, -0.25) is 4.79 Å². The van der Waals surface area contributed by atoms with E-state index >= 15 is 0 Å². The molecule has 1 aromatic heterocycles. The van der Waals surface area contributed by atoms with Crippen LogP contribution in [-0.2, 0) is 22.5 Å². The molecule has 0 saturated carbocycles. The number of benzene rings is 2. The van der Waals surface area contributed by atoms with Gasteiger partial charge in [0.05, 0.1) is 36.2 Å². The number of carbonyl (C=O) groups is 2. The summed E-state index contributed by atoms with van der Waals surface area (Å²) in [6.45, 7) is 15.2. The van der Waals surface area contributed by atoms with E-state index in [0.29, 0.717) is 63.6 Å². The van der Waals surface area contributed by atoms with Crippen molar-refractivity contribution in [2.75, 3.05) is 56.2 Å². The fourth-order valence-corrected chi connectivity index (χ4v) is 7.01. The van der Waals surface area contributed by atoms with Crippen molar-refractivity contribution in [3.63, 3.8) is 0 Å². The summed E-state index contributed by atoms with van der Waals surface area (Å²) in [5.74, 6) is 1.01. The Hall–Kier alpha value is -4.63. The molecule has 0 N–H and O–H groups in total. The molecule has 2 saturated heterocycles. The number of likely N-dealkylation sites (tertiary alicyclic amines) is 1. The Labute approximate surface area is 301 Å². The highest BCUT2D eigenvalue weighted by Gasteiger charge is 2.36. The number of anilines is 2. The van der Waals surface area contributed by atoms with Crippen LogP contribution in [0.2, 0.25) is 0 Å². The van der Waals surface area contributed by atoms with E-state index in [4.69, 9.17) is 24.2 Å². The lowest BCUT2D eigenvalue weighted by Crippen LogP contribution is -2.56. The number of carbonyl (C=O) groups excluding carboxylic acids is 2. The molecule has 2 atom stereocenters. The molecule has 2 aromatic carbocycles. The van der Waals surface area contributed by atoms with Crippen LogP contribution in [0.1, 0.15) is 72.1 Å². The van der Waals surface area contributed by atoms with Crippen molar-refractivity contribution in [3.05, 3.63) is 47.7 Å². The first-order valence-corrected chi connectivity index (χ1v) is 18.0. The third-order valence-corrected chi connectivity index (χ3v) is 9.81. The largest absolute Gasteiger partial charge is 0.462 e. The lowest BCUT2D eigenvalue weighted by Gasteiger charge is -2.42. The number of nitrogens with zero attached hydrogens (tertiary/aromatic N) is 7. The fourth-order valence-electron chi connectivity index (χ4n) is 7.01. The smallest absolute Gasteiger partial charge is 0.410 e. The second-order valence-electron chi connectivity index (χ2n) is 16.0. The second kappa shape index (κ2) is 14.5. The molecule has 12 nitrogen and oxygen atoms in total. The average Bonchev–Trinajstić information content (AvgIpc) is 3.49. The van der Waals surface area contributed by atoms with E-state index in [1.54, 1.807) is 4.90 Å². The van der Waals surface area contributed by atoms with E-state index in [2.05, 4.69) is 33.9 Å². The molecular formula is C39H51N7O5. The number of hydrogen-bond donors (Lipinski definition) is 0. The predicted octanol–water partition coefficient (Wildman–Crippen LogP) is 5.96. The van der Waals surface area contributed by atoms with E-state index in [1.165, 1.54) is 0 Å².